The van der Waals surface area contributed by atoms with Crippen molar-refractivity contribution in [2.75, 3.05) is 25.4 Å². The molecule has 0 saturated carbocycles. The number of piperidine rings is 1. The van der Waals surface area contributed by atoms with Gasteiger partial charge in [0.15, 0.2) is 0 Å². The lowest BCUT2D eigenvalue weighted by Crippen LogP contribution is -2.37. The van der Waals surface area contributed by atoms with E-state index in [4.69, 9.17) is 0 Å². The van der Waals surface area contributed by atoms with Crippen LogP contribution < -0.4 is 0 Å². The van der Waals surface area contributed by atoms with Gasteiger partial charge in [0, 0.05) is 17.2 Å². The number of imide groups is 1. The summed E-state index contributed by atoms with van der Waals surface area (Å²) < 4.78 is 1.16. The Kier molecular flexibility index (Phi) is 6.16. The molecular weight excluding hydrogens is 392 g/mol. The number of β-amino-alcohol motifs (C(OH)–C–C–N with tert-alkyl or cyclic N) is 1. The summed E-state index contributed by atoms with van der Waals surface area (Å²) >= 11 is 3.35. The summed E-state index contributed by atoms with van der Waals surface area (Å²) in [7, 11) is 0. The zero-order valence-corrected chi connectivity index (χ0v) is 17.3. The van der Waals surface area contributed by atoms with E-state index in [0.29, 0.717) is 16.9 Å². The molecule has 0 bridgehead atoms. The molecule has 2 aliphatic rings. The van der Waals surface area contributed by atoms with E-state index in [9.17, 15) is 14.7 Å². The van der Waals surface area contributed by atoms with Crippen molar-refractivity contribution in [3.63, 3.8) is 0 Å². The summed E-state index contributed by atoms with van der Waals surface area (Å²) in [6, 6.07) is 11.1. The minimum absolute atomic E-state index is 0.0331. The number of carbonyl (C=O) groups excluding carboxylic acids is 2. The first-order valence-corrected chi connectivity index (χ1v) is 11.5. The molecule has 4 rings (SSSR count). The standard InChI is InChI=1S/C21H24N2O3S2/c24-15(12-23-20(25)17-6-2-3-7-18(17)21(23)26)14-27-19-9-8-16(28-19)13-22-10-4-1-5-11-22/h2-3,6-9,15,24H,1,4-5,10-14H2. The number of thioether (sulfide) groups is 1. The van der Waals surface area contributed by atoms with E-state index in [2.05, 4.69) is 17.0 Å². The molecule has 0 radical (unpaired) electrons. The minimum Gasteiger partial charge on any atom is -0.390 e. The maximum Gasteiger partial charge on any atom is 0.261 e. The van der Waals surface area contributed by atoms with E-state index in [1.54, 1.807) is 47.4 Å². The molecule has 0 spiro atoms. The average Bonchev–Trinajstić information content (AvgIpc) is 3.26. The van der Waals surface area contributed by atoms with Gasteiger partial charge in [-0.2, -0.15) is 0 Å². The van der Waals surface area contributed by atoms with Crippen LogP contribution in [0, 0.1) is 0 Å². The molecular formula is C21H24N2O3S2. The van der Waals surface area contributed by atoms with Crippen LogP contribution in [-0.2, 0) is 6.54 Å². The molecule has 148 valence electrons. The van der Waals surface area contributed by atoms with Crippen LogP contribution in [0.5, 0.6) is 0 Å². The fourth-order valence-corrected chi connectivity index (χ4v) is 5.87. The fraction of sp³-hybridized carbons (Fsp3) is 0.429. The van der Waals surface area contributed by atoms with Crippen LogP contribution in [-0.4, -0.2) is 58.2 Å². The van der Waals surface area contributed by atoms with Gasteiger partial charge in [-0.25, -0.2) is 0 Å². The number of aliphatic hydroxyl groups is 1. The van der Waals surface area contributed by atoms with E-state index in [0.717, 1.165) is 15.7 Å². The van der Waals surface area contributed by atoms with Crippen molar-refractivity contribution >= 4 is 34.9 Å². The number of thiophene rings is 1. The molecule has 3 heterocycles. The Hall–Kier alpha value is -1.67. The fourth-order valence-electron chi connectivity index (χ4n) is 3.71. The van der Waals surface area contributed by atoms with Crippen LogP contribution in [0.2, 0.25) is 0 Å². The Bertz CT molecular complexity index is 826. The molecule has 0 aliphatic carbocycles. The van der Waals surface area contributed by atoms with Crippen molar-refractivity contribution in [2.45, 2.75) is 36.1 Å². The smallest absolute Gasteiger partial charge is 0.261 e. The second kappa shape index (κ2) is 8.78. The highest BCUT2D eigenvalue weighted by Crippen LogP contribution is 2.30. The summed E-state index contributed by atoms with van der Waals surface area (Å²) in [4.78, 5) is 29.8. The Morgan fingerprint density at radius 1 is 1.00 bits per heavy atom. The van der Waals surface area contributed by atoms with Gasteiger partial charge >= 0.3 is 0 Å². The molecule has 1 fully saturated rings. The Labute approximate surface area is 173 Å². The summed E-state index contributed by atoms with van der Waals surface area (Å²) in [6.07, 6.45) is 3.17. The van der Waals surface area contributed by atoms with Gasteiger partial charge in [0.05, 0.1) is 28.0 Å². The molecule has 1 aromatic carbocycles. The van der Waals surface area contributed by atoms with E-state index >= 15 is 0 Å². The third kappa shape index (κ3) is 4.33. The zero-order valence-electron chi connectivity index (χ0n) is 15.7. The summed E-state index contributed by atoms with van der Waals surface area (Å²) in [5.74, 6) is -0.175. The summed E-state index contributed by atoms with van der Waals surface area (Å²) in [6.45, 7) is 3.40. The summed E-state index contributed by atoms with van der Waals surface area (Å²) in [5, 5.41) is 10.4. The number of fused-ring (bicyclic) bond motifs is 1. The van der Waals surface area contributed by atoms with Crippen LogP contribution in [0.1, 0.15) is 44.9 Å². The highest BCUT2D eigenvalue weighted by atomic mass is 32.2. The molecule has 7 heteroatoms. The first-order valence-electron chi connectivity index (χ1n) is 9.69. The predicted molar refractivity (Wildman–Crippen MR) is 112 cm³/mol. The van der Waals surface area contributed by atoms with Crippen molar-refractivity contribution in [3.8, 4) is 0 Å². The van der Waals surface area contributed by atoms with Crippen LogP contribution in [0.3, 0.4) is 0 Å². The minimum atomic E-state index is -0.750. The third-order valence-electron chi connectivity index (χ3n) is 5.15. The molecule has 2 aromatic rings. The Balaban J connectivity index is 1.28. The van der Waals surface area contributed by atoms with E-state index in [1.807, 2.05) is 0 Å². The third-order valence-corrected chi connectivity index (χ3v) is 7.59. The van der Waals surface area contributed by atoms with E-state index in [1.165, 1.54) is 37.2 Å². The lowest BCUT2D eigenvalue weighted by atomic mass is 10.1. The Morgan fingerprint density at radius 3 is 2.36 bits per heavy atom. The van der Waals surface area contributed by atoms with Crippen LogP contribution in [0.15, 0.2) is 40.6 Å². The number of rotatable bonds is 7. The second-order valence-electron chi connectivity index (χ2n) is 7.29. The molecule has 1 aromatic heterocycles. The number of benzene rings is 1. The molecule has 1 atom stereocenters. The molecule has 1 N–H and O–H groups in total. The number of hydrogen-bond donors (Lipinski definition) is 1. The lowest BCUT2D eigenvalue weighted by molar-refractivity contribution is 0.0567. The van der Waals surface area contributed by atoms with E-state index in [-0.39, 0.29) is 18.4 Å². The lowest BCUT2D eigenvalue weighted by Gasteiger charge is -2.25. The monoisotopic (exact) mass is 416 g/mol. The Morgan fingerprint density at radius 2 is 1.68 bits per heavy atom. The maximum absolute atomic E-state index is 12.4. The first-order chi connectivity index (χ1) is 13.6. The number of hydrogen-bond acceptors (Lipinski definition) is 6. The number of aliphatic hydroxyl groups excluding tert-OH is 1. The van der Waals surface area contributed by atoms with E-state index < -0.39 is 6.10 Å². The summed E-state index contributed by atoms with van der Waals surface area (Å²) in [5.41, 5.74) is 0.848. The van der Waals surface area contributed by atoms with Crippen molar-refractivity contribution in [2.24, 2.45) is 0 Å². The van der Waals surface area contributed by atoms with Crippen LogP contribution in [0.25, 0.3) is 0 Å². The second-order valence-corrected chi connectivity index (χ2v) is 9.78. The average molecular weight is 417 g/mol. The van der Waals surface area contributed by atoms with Gasteiger partial charge in [0.2, 0.25) is 0 Å². The highest BCUT2D eigenvalue weighted by Gasteiger charge is 2.36. The molecule has 2 amide bonds. The van der Waals surface area contributed by atoms with Crippen molar-refractivity contribution in [1.82, 2.24) is 9.80 Å². The largest absolute Gasteiger partial charge is 0.390 e. The maximum atomic E-state index is 12.4. The normalized spacial score (nSPS) is 18.5. The molecule has 1 unspecified atom stereocenters. The van der Waals surface area contributed by atoms with Crippen molar-refractivity contribution in [3.05, 3.63) is 52.4 Å². The zero-order chi connectivity index (χ0) is 19.5. The molecule has 2 aliphatic heterocycles. The van der Waals surface area contributed by atoms with Gasteiger partial charge in [-0.15, -0.1) is 23.1 Å². The topological polar surface area (TPSA) is 60.9 Å². The molecule has 5 nitrogen and oxygen atoms in total. The predicted octanol–water partition coefficient (Wildman–Crippen LogP) is 3.48. The number of carbonyl (C=O) groups is 2. The quantitative estimate of drug-likeness (QED) is 0.553. The van der Waals surface area contributed by atoms with Gasteiger partial charge in [0.1, 0.15) is 0 Å². The first kappa shape index (κ1) is 19.6. The van der Waals surface area contributed by atoms with Gasteiger partial charge in [0.25, 0.3) is 11.8 Å². The molecule has 1 saturated heterocycles. The highest BCUT2D eigenvalue weighted by molar-refractivity contribution is 8.01. The number of amides is 2. The van der Waals surface area contributed by atoms with Gasteiger partial charge in [-0.05, 0) is 50.2 Å². The van der Waals surface area contributed by atoms with Gasteiger partial charge < -0.3 is 5.11 Å². The van der Waals surface area contributed by atoms with Crippen LogP contribution in [0.4, 0.5) is 0 Å². The molecule has 28 heavy (non-hydrogen) atoms. The van der Waals surface area contributed by atoms with Crippen LogP contribution >= 0.6 is 23.1 Å². The van der Waals surface area contributed by atoms with Gasteiger partial charge in [-0.3, -0.25) is 19.4 Å². The number of nitrogens with zero attached hydrogens (tertiary/aromatic N) is 2. The SMILES string of the molecule is O=C1c2ccccc2C(=O)N1CC(O)CSc1ccc(CN2CCCCC2)s1. The number of likely N-dealkylation sites (tertiary alicyclic amines) is 1. The van der Waals surface area contributed by atoms with Crippen molar-refractivity contribution in [1.29, 1.82) is 0 Å². The van der Waals surface area contributed by atoms with Crippen molar-refractivity contribution < 1.29 is 14.7 Å². The van der Waals surface area contributed by atoms with Gasteiger partial charge in [-0.1, -0.05) is 18.6 Å².